The molecule has 0 unspecified atom stereocenters. The molecule has 2 aromatic carbocycles. The highest BCUT2D eigenvalue weighted by Gasteiger charge is 2.57. The molecule has 2 aliphatic heterocycles. The smallest absolute Gasteiger partial charge is 0.244 e. The number of hydrogen-bond donors (Lipinski definition) is 0. The third kappa shape index (κ3) is 2.60. The van der Waals surface area contributed by atoms with E-state index in [1.165, 1.54) is 17.0 Å². The highest BCUT2D eigenvalue weighted by Crippen LogP contribution is 2.50. The molecule has 1 saturated heterocycles. The van der Waals surface area contributed by atoms with Crippen molar-refractivity contribution in [3.8, 4) is 11.5 Å². The molecule has 1 amide bonds. The number of amides is 1. The van der Waals surface area contributed by atoms with Gasteiger partial charge in [0.15, 0.2) is 20.8 Å². The second-order valence-electron chi connectivity index (χ2n) is 7.17. The van der Waals surface area contributed by atoms with Gasteiger partial charge in [0.05, 0.1) is 12.0 Å². The lowest BCUT2D eigenvalue weighted by Gasteiger charge is -2.51. The van der Waals surface area contributed by atoms with Gasteiger partial charge in [-0.3, -0.25) is 4.79 Å². The molecule has 6 nitrogen and oxygen atoms in total. The van der Waals surface area contributed by atoms with Gasteiger partial charge in [-0.15, -0.1) is 0 Å². The van der Waals surface area contributed by atoms with Gasteiger partial charge < -0.3 is 14.4 Å². The number of ether oxygens (including phenoxy) is 2. The van der Waals surface area contributed by atoms with E-state index < -0.39 is 32.6 Å². The molecule has 2 aliphatic rings. The van der Waals surface area contributed by atoms with Crippen molar-refractivity contribution in [1.29, 1.82) is 0 Å². The Hall–Kier alpha value is -2.54. The van der Waals surface area contributed by atoms with E-state index >= 15 is 0 Å². The number of nitrogens with zero attached hydrogens (tertiary/aromatic N) is 1. The van der Waals surface area contributed by atoms with Crippen molar-refractivity contribution < 1.29 is 22.7 Å². The summed E-state index contributed by atoms with van der Waals surface area (Å²) in [6.45, 7) is 1.81. The van der Waals surface area contributed by atoms with Crippen LogP contribution in [-0.2, 0) is 14.6 Å². The van der Waals surface area contributed by atoms with Gasteiger partial charge in [-0.05, 0) is 30.7 Å². The maximum absolute atomic E-state index is 13.4. The van der Waals surface area contributed by atoms with E-state index in [1.54, 1.807) is 50.6 Å². The summed E-state index contributed by atoms with van der Waals surface area (Å²) in [5.74, 6) is 0.243. The zero-order chi connectivity index (χ0) is 19.4. The number of likely N-dealkylation sites (tertiary alicyclic amines) is 1. The number of methoxy groups -OCH3 is 1. The molecule has 0 saturated carbocycles. The number of rotatable bonds is 3. The molecule has 0 aromatic heterocycles. The van der Waals surface area contributed by atoms with Crippen molar-refractivity contribution in [2.24, 2.45) is 0 Å². The predicted molar refractivity (Wildman–Crippen MR) is 99.6 cm³/mol. The highest BCUT2D eigenvalue weighted by atomic mass is 32.2. The van der Waals surface area contributed by atoms with Crippen LogP contribution >= 0.6 is 0 Å². The lowest BCUT2D eigenvalue weighted by atomic mass is 9.80. The summed E-state index contributed by atoms with van der Waals surface area (Å²) in [6.07, 6.45) is 0.408. The third-order valence-corrected chi connectivity index (χ3v) is 7.73. The van der Waals surface area contributed by atoms with Crippen molar-refractivity contribution >= 4 is 15.7 Å². The fourth-order valence-electron chi connectivity index (χ4n) is 4.01. The minimum Gasteiger partial charge on any atom is -0.497 e. The van der Waals surface area contributed by atoms with Crippen molar-refractivity contribution in [2.75, 3.05) is 14.2 Å². The van der Waals surface area contributed by atoms with E-state index in [9.17, 15) is 13.2 Å². The van der Waals surface area contributed by atoms with Gasteiger partial charge in [0.25, 0.3) is 0 Å². The number of carbonyl (C=O) groups is 1. The van der Waals surface area contributed by atoms with Gasteiger partial charge in [-0.2, -0.15) is 0 Å². The number of carbonyl (C=O) groups excluding carboxylic acids is 1. The molecule has 4 rings (SSSR count). The predicted octanol–water partition coefficient (Wildman–Crippen LogP) is 2.59. The zero-order valence-corrected chi connectivity index (χ0v) is 16.2. The molecule has 0 radical (unpaired) electrons. The SMILES string of the molecule is COc1ccc2c(c1)O[C@@]1(C)C[C@H]2[C@H](S(=O)(=O)c2ccccc2)C(=O)N1C. The first-order valence-electron chi connectivity index (χ1n) is 8.71. The lowest BCUT2D eigenvalue weighted by Crippen LogP contribution is -2.64. The molecule has 2 heterocycles. The van der Waals surface area contributed by atoms with Crippen LogP contribution in [0.2, 0.25) is 0 Å². The van der Waals surface area contributed by atoms with Crippen molar-refractivity contribution in [3.63, 3.8) is 0 Å². The van der Waals surface area contributed by atoms with Crippen molar-refractivity contribution in [1.82, 2.24) is 4.90 Å². The molecule has 1 fully saturated rings. The molecule has 2 aromatic rings. The average Bonchev–Trinajstić information content (AvgIpc) is 2.66. The van der Waals surface area contributed by atoms with Crippen LogP contribution in [-0.4, -0.2) is 44.4 Å². The van der Waals surface area contributed by atoms with Gasteiger partial charge in [0, 0.05) is 25.5 Å². The maximum Gasteiger partial charge on any atom is 0.244 e. The monoisotopic (exact) mass is 387 g/mol. The summed E-state index contributed by atoms with van der Waals surface area (Å²) in [4.78, 5) is 14.7. The van der Waals surface area contributed by atoms with E-state index in [2.05, 4.69) is 0 Å². The van der Waals surface area contributed by atoms with Crippen LogP contribution in [0.25, 0.3) is 0 Å². The van der Waals surface area contributed by atoms with Gasteiger partial charge in [0.2, 0.25) is 5.91 Å². The molecule has 3 atom stereocenters. The number of sulfone groups is 1. The Morgan fingerprint density at radius 2 is 1.89 bits per heavy atom. The quantitative estimate of drug-likeness (QED) is 0.809. The van der Waals surface area contributed by atoms with Gasteiger partial charge >= 0.3 is 0 Å². The van der Waals surface area contributed by atoms with Gasteiger partial charge in [0.1, 0.15) is 11.5 Å². The molecule has 0 N–H and O–H groups in total. The molecule has 0 aliphatic carbocycles. The Labute approximate surface area is 158 Å². The first-order chi connectivity index (χ1) is 12.8. The second-order valence-corrected chi connectivity index (χ2v) is 9.24. The maximum atomic E-state index is 13.4. The van der Waals surface area contributed by atoms with Gasteiger partial charge in [-0.1, -0.05) is 24.3 Å². The Bertz CT molecular complexity index is 1000. The Balaban J connectivity index is 1.89. The fraction of sp³-hybridized carbons (Fsp3) is 0.350. The molecular weight excluding hydrogens is 366 g/mol. The minimum atomic E-state index is -3.86. The number of fused-ring (bicyclic) bond motifs is 4. The van der Waals surface area contributed by atoms with E-state index in [1.807, 2.05) is 6.92 Å². The minimum absolute atomic E-state index is 0.155. The molecule has 27 heavy (non-hydrogen) atoms. The van der Waals surface area contributed by atoms with Crippen LogP contribution < -0.4 is 9.47 Å². The van der Waals surface area contributed by atoms with Crippen LogP contribution in [0.5, 0.6) is 11.5 Å². The zero-order valence-electron chi connectivity index (χ0n) is 15.4. The second kappa shape index (κ2) is 5.99. The van der Waals surface area contributed by atoms with Crippen LogP contribution in [0.1, 0.15) is 24.8 Å². The summed E-state index contributed by atoms with van der Waals surface area (Å²) in [5, 5.41) is -1.19. The normalized spacial score (nSPS) is 26.9. The fourth-order valence-corrected chi connectivity index (χ4v) is 5.94. The topological polar surface area (TPSA) is 72.9 Å². The molecule has 2 bridgehead atoms. The van der Waals surface area contributed by atoms with E-state index in [-0.39, 0.29) is 4.90 Å². The standard InChI is InChI=1S/C20H21NO5S/c1-20-12-16(15-10-9-13(25-3)11-17(15)26-20)18(19(22)21(20)2)27(23,24)14-7-5-4-6-8-14/h4-11,16,18H,12H2,1-3H3/t16-,18+,20+/m1/s1. The Kier molecular flexibility index (Phi) is 3.96. The van der Waals surface area contributed by atoms with Crippen molar-refractivity contribution in [3.05, 3.63) is 54.1 Å². The third-order valence-electron chi connectivity index (χ3n) is 5.60. The number of hydrogen-bond acceptors (Lipinski definition) is 5. The number of benzene rings is 2. The molecular formula is C20H21NO5S. The van der Waals surface area contributed by atoms with Crippen LogP contribution in [0.4, 0.5) is 0 Å². The largest absolute Gasteiger partial charge is 0.497 e. The Morgan fingerprint density at radius 1 is 1.19 bits per heavy atom. The van der Waals surface area contributed by atoms with Crippen LogP contribution in [0.15, 0.2) is 53.4 Å². The Morgan fingerprint density at radius 3 is 2.56 bits per heavy atom. The van der Waals surface area contributed by atoms with E-state index in [0.29, 0.717) is 17.9 Å². The van der Waals surface area contributed by atoms with E-state index in [0.717, 1.165) is 5.56 Å². The van der Waals surface area contributed by atoms with E-state index in [4.69, 9.17) is 9.47 Å². The summed E-state index contributed by atoms with van der Waals surface area (Å²) in [5.41, 5.74) is -0.177. The lowest BCUT2D eigenvalue weighted by molar-refractivity contribution is -0.159. The van der Waals surface area contributed by atoms with Crippen LogP contribution in [0.3, 0.4) is 0 Å². The first kappa shape index (κ1) is 17.9. The molecule has 7 heteroatoms. The summed E-state index contributed by atoms with van der Waals surface area (Å²) < 4.78 is 38.1. The summed E-state index contributed by atoms with van der Waals surface area (Å²) in [7, 11) is -0.703. The first-order valence-corrected chi connectivity index (χ1v) is 10.3. The van der Waals surface area contributed by atoms with Crippen molar-refractivity contribution in [2.45, 2.75) is 35.1 Å². The van der Waals surface area contributed by atoms with Gasteiger partial charge in [-0.25, -0.2) is 8.42 Å². The van der Waals surface area contributed by atoms with Crippen LogP contribution in [0, 0.1) is 0 Å². The summed E-state index contributed by atoms with van der Waals surface area (Å²) in [6, 6.07) is 13.4. The molecule has 0 spiro atoms. The number of piperidine rings is 1. The summed E-state index contributed by atoms with van der Waals surface area (Å²) >= 11 is 0. The average molecular weight is 387 g/mol. The molecule has 142 valence electrons. The highest BCUT2D eigenvalue weighted by molar-refractivity contribution is 7.92.